The Balaban J connectivity index is 1.86. The van der Waals surface area contributed by atoms with Gasteiger partial charge in [0.05, 0.1) is 23.9 Å². The standard InChI is InChI=1S/C24H28ClN7O2/c1-3-20-22(23(26)29-24(27)28-20)18-10-11-19(25)21(14-18)30-31-32(12-7-13-34-16(2)33)15-17-8-5-4-6-9-17/h4-6,8-11,14H,3,7,12-13,15H2,1-2H3,(H4,26,27,28,29). The van der Waals surface area contributed by atoms with Crippen molar-refractivity contribution in [3.8, 4) is 11.1 Å². The maximum atomic E-state index is 11.0. The average Bonchev–Trinajstić information content (AvgIpc) is 2.81. The molecule has 0 unspecified atom stereocenters. The third kappa shape index (κ3) is 6.89. The number of aryl methyl sites for hydroxylation is 1. The van der Waals surface area contributed by atoms with Crippen molar-refractivity contribution in [3.63, 3.8) is 0 Å². The molecule has 0 atom stereocenters. The first-order chi connectivity index (χ1) is 16.4. The predicted octanol–water partition coefficient (Wildman–Crippen LogP) is 4.98. The molecule has 0 saturated heterocycles. The molecule has 3 rings (SSSR count). The summed E-state index contributed by atoms with van der Waals surface area (Å²) < 4.78 is 5.04. The number of nitrogen functional groups attached to an aromatic ring is 2. The number of esters is 1. The molecule has 0 fully saturated rings. The second kappa shape index (κ2) is 11.9. The third-order valence-electron chi connectivity index (χ3n) is 4.95. The molecule has 0 saturated carbocycles. The fourth-order valence-electron chi connectivity index (χ4n) is 3.39. The number of halogens is 1. The molecule has 0 spiro atoms. The second-order valence-electron chi connectivity index (χ2n) is 7.57. The number of carbonyl (C=O) groups excluding carboxylic acids is 1. The number of hydrogen-bond donors (Lipinski definition) is 2. The van der Waals surface area contributed by atoms with Crippen LogP contribution in [0.1, 0.15) is 31.5 Å². The van der Waals surface area contributed by atoms with Crippen molar-refractivity contribution in [2.75, 3.05) is 24.6 Å². The van der Waals surface area contributed by atoms with E-state index in [1.165, 1.54) is 6.92 Å². The average molecular weight is 482 g/mol. The summed E-state index contributed by atoms with van der Waals surface area (Å²) >= 11 is 6.42. The Bertz CT molecular complexity index is 1160. The zero-order valence-electron chi connectivity index (χ0n) is 19.2. The first-order valence-electron chi connectivity index (χ1n) is 10.9. The Morgan fingerprint density at radius 1 is 1.15 bits per heavy atom. The number of nitrogens with two attached hydrogens (primary N) is 2. The molecule has 2 aromatic carbocycles. The number of rotatable bonds is 10. The van der Waals surface area contributed by atoms with Crippen molar-refractivity contribution < 1.29 is 9.53 Å². The van der Waals surface area contributed by atoms with E-state index in [1.807, 2.05) is 43.3 Å². The van der Waals surface area contributed by atoms with Crippen LogP contribution in [-0.2, 0) is 22.5 Å². The minimum Gasteiger partial charge on any atom is -0.466 e. The van der Waals surface area contributed by atoms with Crippen LogP contribution in [0.25, 0.3) is 11.1 Å². The SMILES string of the molecule is CCc1nc(N)nc(N)c1-c1ccc(Cl)c(N=NN(CCCOC(C)=O)Cc2ccccc2)c1. The van der Waals surface area contributed by atoms with Gasteiger partial charge in [0.2, 0.25) is 5.95 Å². The van der Waals surface area contributed by atoms with Crippen LogP contribution in [0.2, 0.25) is 5.02 Å². The number of ether oxygens (including phenoxy) is 1. The van der Waals surface area contributed by atoms with E-state index in [2.05, 4.69) is 20.3 Å². The lowest BCUT2D eigenvalue weighted by Crippen LogP contribution is -2.19. The van der Waals surface area contributed by atoms with E-state index in [9.17, 15) is 4.79 Å². The number of aromatic nitrogens is 2. The van der Waals surface area contributed by atoms with Gasteiger partial charge in [0.15, 0.2) is 0 Å². The predicted molar refractivity (Wildman–Crippen MR) is 133 cm³/mol. The fraction of sp³-hybridized carbons (Fsp3) is 0.292. The summed E-state index contributed by atoms with van der Waals surface area (Å²) in [6.07, 6.45) is 1.25. The maximum absolute atomic E-state index is 11.0. The summed E-state index contributed by atoms with van der Waals surface area (Å²) in [6, 6.07) is 15.3. The van der Waals surface area contributed by atoms with Gasteiger partial charge in [0.25, 0.3) is 0 Å². The molecular weight excluding hydrogens is 454 g/mol. The van der Waals surface area contributed by atoms with Crippen LogP contribution in [-0.4, -0.2) is 34.1 Å². The van der Waals surface area contributed by atoms with Gasteiger partial charge in [-0.3, -0.25) is 9.80 Å². The Morgan fingerprint density at radius 2 is 1.91 bits per heavy atom. The topological polar surface area (TPSA) is 132 Å². The van der Waals surface area contributed by atoms with Crippen LogP contribution in [0.3, 0.4) is 0 Å². The first kappa shape index (κ1) is 24.9. The summed E-state index contributed by atoms with van der Waals surface area (Å²) in [7, 11) is 0. The third-order valence-corrected chi connectivity index (χ3v) is 5.27. The smallest absolute Gasteiger partial charge is 0.302 e. The lowest BCUT2D eigenvalue weighted by atomic mass is 10.0. The molecule has 3 aromatic rings. The van der Waals surface area contributed by atoms with Crippen LogP contribution < -0.4 is 11.5 Å². The van der Waals surface area contributed by atoms with Crippen molar-refractivity contribution in [2.24, 2.45) is 10.3 Å². The molecule has 34 heavy (non-hydrogen) atoms. The van der Waals surface area contributed by atoms with Crippen LogP contribution in [0, 0.1) is 0 Å². The quantitative estimate of drug-likeness (QED) is 0.180. The van der Waals surface area contributed by atoms with E-state index in [4.69, 9.17) is 27.8 Å². The van der Waals surface area contributed by atoms with Gasteiger partial charge in [-0.2, -0.15) is 4.98 Å². The highest BCUT2D eigenvalue weighted by Crippen LogP contribution is 2.35. The van der Waals surface area contributed by atoms with Gasteiger partial charge in [-0.25, -0.2) is 4.98 Å². The molecule has 0 aliphatic rings. The molecule has 9 nitrogen and oxygen atoms in total. The number of carbonyl (C=O) groups is 1. The second-order valence-corrected chi connectivity index (χ2v) is 7.97. The molecule has 0 bridgehead atoms. The summed E-state index contributed by atoms with van der Waals surface area (Å²) in [4.78, 5) is 19.5. The highest BCUT2D eigenvalue weighted by Gasteiger charge is 2.14. The largest absolute Gasteiger partial charge is 0.466 e. The molecule has 0 amide bonds. The minimum atomic E-state index is -0.308. The van der Waals surface area contributed by atoms with E-state index in [0.29, 0.717) is 54.6 Å². The lowest BCUT2D eigenvalue weighted by Gasteiger charge is -2.18. The van der Waals surface area contributed by atoms with Crippen molar-refractivity contribution in [1.82, 2.24) is 15.0 Å². The van der Waals surface area contributed by atoms with E-state index in [-0.39, 0.29) is 11.9 Å². The van der Waals surface area contributed by atoms with Crippen molar-refractivity contribution >= 4 is 35.0 Å². The monoisotopic (exact) mass is 481 g/mol. The first-order valence-corrected chi connectivity index (χ1v) is 11.3. The maximum Gasteiger partial charge on any atom is 0.302 e. The van der Waals surface area contributed by atoms with E-state index < -0.39 is 0 Å². The summed E-state index contributed by atoms with van der Waals surface area (Å²) in [6.45, 7) is 4.75. The van der Waals surface area contributed by atoms with Gasteiger partial charge in [-0.1, -0.05) is 60.1 Å². The highest BCUT2D eigenvalue weighted by molar-refractivity contribution is 6.33. The fourth-order valence-corrected chi connectivity index (χ4v) is 3.54. The van der Waals surface area contributed by atoms with Crippen molar-refractivity contribution in [3.05, 3.63) is 64.8 Å². The Morgan fingerprint density at radius 3 is 2.62 bits per heavy atom. The molecule has 4 N–H and O–H groups in total. The molecule has 0 aliphatic heterocycles. The van der Waals surface area contributed by atoms with Gasteiger partial charge in [0.1, 0.15) is 11.5 Å². The molecular formula is C24H28ClN7O2. The van der Waals surface area contributed by atoms with Gasteiger partial charge in [0, 0.05) is 25.5 Å². The van der Waals surface area contributed by atoms with Crippen LogP contribution in [0.4, 0.5) is 17.5 Å². The molecule has 0 radical (unpaired) electrons. The number of benzene rings is 2. The molecule has 178 valence electrons. The highest BCUT2D eigenvalue weighted by atomic mass is 35.5. The molecule has 0 aliphatic carbocycles. The summed E-state index contributed by atoms with van der Waals surface area (Å²) in [5.41, 5.74) is 15.7. The van der Waals surface area contributed by atoms with Crippen LogP contribution in [0.5, 0.6) is 0 Å². The van der Waals surface area contributed by atoms with E-state index >= 15 is 0 Å². The van der Waals surface area contributed by atoms with Gasteiger partial charge >= 0.3 is 5.97 Å². The summed E-state index contributed by atoms with van der Waals surface area (Å²) in [5, 5.41) is 11.1. The normalized spacial score (nSPS) is 11.0. The van der Waals surface area contributed by atoms with Gasteiger partial charge in [-0.15, -0.1) is 5.11 Å². The van der Waals surface area contributed by atoms with Crippen molar-refractivity contribution in [1.29, 1.82) is 0 Å². The number of nitrogens with zero attached hydrogens (tertiary/aromatic N) is 5. The zero-order chi connectivity index (χ0) is 24.5. The van der Waals surface area contributed by atoms with Crippen LogP contribution in [0.15, 0.2) is 58.9 Å². The van der Waals surface area contributed by atoms with E-state index in [1.54, 1.807) is 17.1 Å². The molecule has 1 aromatic heterocycles. The number of anilines is 2. The Hall–Kier alpha value is -3.72. The summed E-state index contributed by atoms with van der Waals surface area (Å²) in [5.74, 6) is 0.125. The lowest BCUT2D eigenvalue weighted by molar-refractivity contribution is -0.141. The Kier molecular flexibility index (Phi) is 8.75. The molecule has 10 heteroatoms. The van der Waals surface area contributed by atoms with Crippen molar-refractivity contribution in [2.45, 2.75) is 33.2 Å². The van der Waals surface area contributed by atoms with Crippen LogP contribution >= 0.6 is 11.6 Å². The zero-order valence-corrected chi connectivity index (χ0v) is 20.0. The Labute approximate surface area is 203 Å². The van der Waals surface area contributed by atoms with E-state index in [0.717, 1.165) is 16.8 Å². The number of hydrogen-bond acceptors (Lipinski definition) is 8. The van der Waals surface area contributed by atoms with Gasteiger partial charge < -0.3 is 16.2 Å². The minimum absolute atomic E-state index is 0.136. The molecule has 1 heterocycles. The van der Waals surface area contributed by atoms with Gasteiger partial charge in [-0.05, 0) is 29.7 Å².